The van der Waals surface area contributed by atoms with Crippen LogP contribution in [0, 0.1) is 5.92 Å². The monoisotopic (exact) mass is 432 g/mol. The minimum Gasteiger partial charge on any atom is -0.481 e. The Labute approximate surface area is 176 Å². The maximum Gasteiger partial charge on any atom is 0.306 e. The van der Waals surface area contributed by atoms with E-state index in [0.717, 1.165) is 18.5 Å². The lowest BCUT2D eigenvalue weighted by atomic mass is 9.86. The Morgan fingerprint density at radius 1 is 1.07 bits per heavy atom. The lowest BCUT2D eigenvalue weighted by Crippen LogP contribution is -2.29. The van der Waals surface area contributed by atoms with Crippen LogP contribution < -0.4 is 10.6 Å². The number of halogens is 2. The van der Waals surface area contributed by atoms with Gasteiger partial charge < -0.3 is 15.7 Å². The van der Waals surface area contributed by atoms with E-state index >= 15 is 0 Å². The zero-order valence-electron chi connectivity index (χ0n) is 15.3. The first-order chi connectivity index (χ1) is 14.0. The van der Waals surface area contributed by atoms with Crippen LogP contribution in [0.5, 0.6) is 0 Å². The number of fused-ring (bicyclic) bond motifs is 1. The fourth-order valence-electron chi connectivity index (χ4n) is 3.39. The molecule has 1 saturated carbocycles. The Morgan fingerprint density at radius 3 is 2.59 bits per heavy atom. The fourth-order valence-corrected chi connectivity index (χ4v) is 3.69. The van der Waals surface area contributed by atoms with Crippen LogP contribution in [0.4, 0.5) is 17.5 Å². The van der Waals surface area contributed by atoms with E-state index in [1.807, 2.05) is 0 Å². The first-order valence-electron chi connectivity index (χ1n) is 9.19. The smallest absolute Gasteiger partial charge is 0.306 e. The van der Waals surface area contributed by atoms with Gasteiger partial charge in [-0.3, -0.25) is 4.79 Å². The van der Waals surface area contributed by atoms with Crippen molar-refractivity contribution in [2.75, 3.05) is 10.6 Å². The van der Waals surface area contributed by atoms with Crippen molar-refractivity contribution in [3.05, 3.63) is 40.8 Å². The van der Waals surface area contributed by atoms with Crippen molar-refractivity contribution in [2.24, 2.45) is 5.92 Å². The second kappa shape index (κ2) is 8.34. The third kappa shape index (κ3) is 4.49. The number of anilines is 3. The van der Waals surface area contributed by atoms with Crippen molar-refractivity contribution < 1.29 is 9.90 Å². The molecular weight excluding hydrogens is 415 g/mol. The van der Waals surface area contributed by atoms with Crippen LogP contribution in [-0.4, -0.2) is 37.1 Å². The maximum absolute atomic E-state index is 11.1. The Morgan fingerprint density at radius 2 is 1.86 bits per heavy atom. The molecule has 29 heavy (non-hydrogen) atoms. The Bertz CT molecular complexity index is 1060. The van der Waals surface area contributed by atoms with Crippen LogP contribution in [0.25, 0.3) is 11.0 Å². The molecule has 0 aliphatic heterocycles. The van der Waals surface area contributed by atoms with Crippen molar-refractivity contribution in [2.45, 2.75) is 31.7 Å². The average Bonchev–Trinajstić information content (AvgIpc) is 2.71. The molecule has 8 nitrogen and oxygen atoms in total. The van der Waals surface area contributed by atoms with Crippen molar-refractivity contribution in [1.29, 1.82) is 0 Å². The van der Waals surface area contributed by atoms with Crippen molar-refractivity contribution in [3.8, 4) is 0 Å². The topological polar surface area (TPSA) is 113 Å². The lowest BCUT2D eigenvalue weighted by Gasteiger charge is -2.26. The summed E-state index contributed by atoms with van der Waals surface area (Å²) in [5, 5.41) is 16.5. The summed E-state index contributed by atoms with van der Waals surface area (Å²) >= 11 is 12.1. The van der Waals surface area contributed by atoms with E-state index in [9.17, 15) is 4.79 Å². The Hall–Kier alpha value is -2.71. The average molecular weight is 433 g/mol. The number of benzene rings is 1. The fraction of sp³-hybridized carbons (Fsp3) is 0.316. The Balaban J connectivity index is 1.54. The number of carbonyl (C=O) groups is 1. The third-order valence-corrected chi connectivity index (χ3v) is 5.71. The number of nitrogens with one attached hydrogen (secondary N) is 2. The molecule has 0 saturated heterocycles. The summed E-state index contributed by atoms with van der Waals surface area (Å²) in [6.45, 7) is 0. The van der Waals surface area contributed by atoms with Gasteiger partial charge in [0.15, 0.2) is 5.82 Å². The van der Waals surface area contributed by atoms with Crippen LogP contribution in [0.1, 0.15) is 25.7 Å². The molecule has 0 spiro atoms. The molecule has 0 amide bonds. The minimum atomic E-state index is -0.722. The third-order valence-electron chi connectivity index (χ3n) is 4.97. The molecule has 2 aromatic heterocycles. The summed E-state index contributed by atoms with van der Waals surface area (Å²) in [4.78, 5) is 28.5. The van der Waals surface area contributed by atoms with Crippen LogP contribution in [0.3, 0.4) is 0 Å². The van der Waals surface area contributed by atoms with E-state index in [1.54, 1.807) is 24.4 Å². The molecule has 10 heteroatoms. The van der Waals surface area contributed by atoms with Gasteiger partial charge in [0.05, 0.1) is 22.2 Å². The van der Waals surface area contributed by atoms with E-state index in [4.69, 9.17) is 28.3 Å². The molecule has 1 aliphatic carbocycles. The summed E-state index contributed by atoms with van der Waals surface area (Å²) in [5.41, 5.74) is 1.89. The first kappa shape index (κ1) is 19.6. The van der Waals surface area contributed by atoms with Gasteiger partial charge in [-0.05, 0) is 43.9 Å². The molecule has 1 aromatic carbocycles. The second-order valence-corrected chi connectivity index (χ2v) is 7.75. The molecule has 0 atom stereocenters. The van der Waals surface area contributed by atoms with Gasteiger partial charge in [-0.15, -0.1) is 0 Å². The summed E-state index contributed by atoms with van der Waals surface area (Å²) in [6, 6.07) is 5.34. The molecule has 0 bridgehead atoms. The number of carboxylic acids is 1. The molecule has 150 valence electrons. The molecule has 0 unspecified atom stereocenters. The van der Waals surface area contributed by atoms with Gasteiger partial charge in [-0.2, -0.15) is 0 Å². The lowest BCUT2D eigenvalue weighted by molar-refractivity contribution is -0.142. The van der Waals surface area contributed by atoms with Crippen LogP contribution in [0.2, 0.25) is 10.0 Å². The number of carboxylic acid groups (broad SMARTS) is 1. The van der Waals surface area contributed by atoms with E-state index in [0.29, 0.717) is 45.7 Å². The number of nitrogens with zero attached hydrogens (tertiary/aromatic N) is 4. The van der Waals surface area contributed by atoms with Crippen LogP contribution in [0.15, 0.2) is 30.7 Å². The highest BCUT2D eigenvalue weighted by Gasteiger charge is 2.26. The summed E-state index contributed by atoms with van der Waals surface area (Å²) in [7, 11) is 0. The highest BCUT2D eigenvalue weighted by atomic mass is 35.5. The van der Waals surface area contributed by atoms with Gasteiger partial charge in [0.25, 0.3) is 0 Å². The van der Waals surface area contributed by atoms with Gasteiger partial charge in [0, 0.05) is 11.7 Å². The number of aromatic nitrogens is 4. The van der Waals surface area contributed by atoms with Crippen molar-refractivity contribution >= 4 is 57.7 Å². The van der Waals surface area contributed by atoms with Gasteiger partial charge >= 0.3 is 5.97 Å². The summed E-state index contributed by atoms with van der Waals surface area (Å²) in [5.74, 6) is -0.00163. The molecule has 3 N–H and O–H groups in total. The van der Waals surface area contributed by atoms with Gasteiger partial charge in [0.1, 0.15) is 17.4 Å². The van der Waals surface area contributed by atoms with E-state index in [-0.39, 0.29) is 12.0 Å². The molecule has 3 aromatic rings. The SMILES string of the molecule is O=C(O)[C@H]1CC[C@H](Nc2ncc3ncnc(Nc4ccc(Cl)c(Cl)c4)c3n2)CC1. The quantitative estimate of drug-likeness (QED) is 0.538. The van der Waals surface area contributed by atoms with Crippen LogP contribution >= 0.6 is 23.2 Å². The highest BCUT2D eigenvalue weighted by molar-refractivity contribution is 6.42. The largest absolute Gasteiger partial charge is 0.481 e. The number of hydrogen-bond donors (Lipinski definition) is 3. The molecule has 1 fully saturated rings. The molecule has 2 heterocycles. The molecular formula is C19H18Cl2N6O2. The minimum absolute atomic E-state index is 0.138. The number of hydrogen-bond acceptors (Lipinski definition) is 7. The molecule has 4 rings (SSSR count). The number of aliphatic carboxylic acids is 1. The normalized spacial score (nSPS) is 19.1. The predicted octanol–water partition coefficient (Wildman–Crippen LogP) is 4.53. The zero-order chi connectivity index (χ0) is 20.4. The maximum atomic E-state index is 11.1. The molecule has 1 aliphatic rings. The van der Waals surface area contributed by atoms with Gasteiger partial charge in [-0.25, -0.2) is 19.9 Å². The van der Waals surface area contributed by atoms with Crippen molar-refractivity contribution in [1.82, 2.24) is 19.9 Å². The van der Waals surface area contributed by atoms with Crippen molar-refractivity contribution in [3.63, 3.8) is 0 Å². The van der Waals surface area contributed by atoms with E-state index in [1.165, 1.54) is 6.33 Å². The van der Waals surface area contributed by atoms with Crippen LogP contribution in [-0.2, 0) is 4.79 Å². The molecule has 0 radical (unpaired) electrons. The standard InChI is InChI=1S/C19H18Cl2N6O2/c20-13-6-5-12(7-14(13)21)25-17-16-15(23-9-24-17)8-22-19(27-16)26-11-3-1-10(2-4-11)18(28)29/h5-11H,1-4H2,(H,28,29)(H,22,26,27)(H,23,24,25)/t10-,11-. The van der Waals surface area contributed by atoms with E-state index < -0.39 is 5.97 Å². The Kier molecular flexibility index (Phi) is 5.64. The zero-order valence-corrected chi connectivity index (χ0v) is 16.8. The highest BCUT2D eigenvalue weighted by Crippen LogP contribution is 2.29. The second-order valence-electron chi connectivity index (χ2n) is 6.93. The predicted molar refractivity (Wildman–Crippen MR) is 112 cm³/mol. The summed E-state index contributed by atoms with van der Waals surface area (Å²) in [6.07, 6.45) is 5.89. The van der Waals surface area contributed by atoms with Gasteiger partial charge in [-0.1, -0.05) is 23.2 Å². The summed E-state index contributed by atoms with van der Waals surface area (Å²) < 4.78 is 0. The number of rotatable bonds is 5. The first-order valence-corrected chi connectivity index (χ1v) is 9.94. The van der Waals surface area contributed by atoms with E-state index in [2.05, 4.69) is 30.6 Å². The van der Waals surface area contributed by atoms with Gasteiger partial charge in [0.2, 0.25) is 5.95 Å².